The summed E-state index contributed by atoms with van der Waals surface area (Å²) >= 11 is 0. The van der Waals surface area contributed by atoms with Gasteiger partial charge in [0.05, 0.1) is 0 Å². The number of rotatable bonds is 6. The van der Waals surface area contributed by atoms with Crippen molar-refractivity contribution in [1.82, 2.24) is 10.2 Å². The predicted octanol–water partition coefficient (Wildman–Crippen LogP) is -0.0457. The highest BCUT2D eigenvalue weighted by molar-refractivity contribution is 5.87. The molecule has 0 aromatic rings. The lowest BCUT2D eigenvalue weighted by Gasteiger charge is -2.21. The Balaban J connectivity index is 4.09. The smallest absolute Gasteiger partial charge is 0.244 e. The topological polar surface area (TPSA) is 75.4 Å². The van der Waals surface area contributed by atoms with Crippen LogP contribution in [0.15, 0.2) is 0 Å². The van der Waals surface area contributed by atoms with Gasteiger partial charge in [0.2, 0.25) is 11.8 Å². The number of nitrogens with two attached hydrogens (primary N) is 1. The van der Waals surface area contributed by atoms with Gasteiger partial charge >= 0.3 is 0 Å². The van der Waals surface area contributed by atoms with E-state index in [-0.39, 0.29) is 17.7 Å². The zero-order valence-electron chi connectivity index (χ0n) is 10.6. The summed E-state index contributed by atoms with van der Waals surface area (Å²) in [5, 5.41) is 2.67. The fraction of sp³-hybridized carbons (Fsp3) is 0.818. The first kappa shape index (κ1) is 14.9. The van der Waals surface area contributed by atoms with E-state index in [2.05, 4.69) is 5.32 Å². The maximum absolute atomic E-state index is 11.7. The molecule has 0 fully saturated rings. The van der Waals surface area contributed by atoms with E-state index in [0.29, 0.717) is 19.5 Å². The molecule has 2 amide bonds. The summed E-state index contributed by atoms with van der Waals surface area (Å²) in [6.45, 7) is 6.61. The maximum atomic E-state index is 11.7. The van der Waals surface area contributed by atoms with Gasteiger partial charge in [-0.3, -0.25) is 9.59 Å². The molecule has 0 aliphatic rings. The number of likely N-dealkylation sites (N-methyl/N-ethyl adjacent to an activating group) is 1. The van der Waals surface area contributed by atoms with Crippen LogP contribution < -0.4 is 11.1 Å². The van der Waals surface area contributed by atoms with Crippen LogP contribution >= 0.6 is 0 Å². The normalized spacial score (nSPS) is 14.1. The largest absolute Gasteiger partial charge is 0.345 e. The molecule has 94 valence electrons. The number of hydrogen-bond donors (Lipinski definition) is 2. The molecule has 0 aliphatic carbocycles. The average molecular weight is 229 g/mol. The average Bonchev–Trinajstić information content (AvgIpc) is 2.26. The number of nitrogens with one attached hydrogen (secondary N) is 1. The Bertz CT molecular complexity index is 243. The molecular formula is C11H23N3O2. The number of amides is 2. The van der Waals surface area contributed by atoms with E-state index < -0.39 is 6.04 Å². The van der Waals surface area contributed by atoms with E-state index in [1.54, 1.807) is 18.9 Å². The molecule has 0 bridgehead atoms. The number of carbonyl (C=O) groups is 2. The lowest BCUT2D eigenvalue weighted by Crippen LogP contribution is -2.45. The second-order valence-electron chi connectivity index (χ2n) is 4.19. The van der Waals surface area contributed by atoms with Crippen molar-refractivity contribution in [3.05, 3.63) is 0 Å². The molecule has 0 saturated heterocycles. The van der Waals surface area contributed by atoms with Gasteiger partial charge < -0.3 is 16.0 Å². The first-order chi connectivity index (χ1) is 7.42. The van der Waals surface area contributed by atoms with Crippen LogP contribution in [0.5, 0.6) is 0 Å². The van der Waals surface area contributed by atoms with Crippen molar-refractivity contribution in [2.75, 3.05) is 20.1 Å². The Kier molecular flexibility index (Phi) is 6.72. The third kappa shape index (κ3) is 5.11. The van der Waals surface area contributed by atoms with E-state index in [4.69, 9.17) is 5.73 Å². The molecule has 0 saturated carbocycles. The van der Waals surface area contributed by atoms with E-state index in [0.717, 1.165) is 0 Å². The summed E-state index contributed by atoms with van der Waals surface area (Å²) in [7, 11) is 1.72. The summed E-state index contributed by atoms with van der Waals surface area (Å²) in [6, 6.07) is -0.470. The Morgan fingerprint density at radius 1 is 1.38 bits per heavy atom. The second kappa shape index (κ2) is 7.22. The van der Waals surface area contributed by atoms with Crippen LogP contribution in [0.2, 0.25) is 0 Å². The third-order valence-electron chi connectivity index (χ3n) is 2.53. The van der Waals surface area contributed by atoms with Crippen LogP contribution in [-0.4, -0.2) is 42.9 Å². The van der Waals surface area contributed by atoms with Gasteiger partial charge in [0.15, 0.2) is 0 Å². The molecule has 0 rings (SSSR count). The van der Waals surface area contributed by atoms with Crippen LogP contribution in [0.4, 0.5) is 0 Å². The van der Waals surface area contributed by atoms with Gasteiger partial charge in [-0.1, -0.05) is 6.92 Å². The van der Waals surface area contributed by atoms with Gasteiger partial charge in [-0.15, -0.1) is 0 Å². The van der Waals surface area contributed by atoms with Gasteiger partial charge in [0.25, 0.3) is 0 Å². The van der Waals surface area contributed by atoms with E-state index in [1.807, 2.05) is 13.8 Å². The van der Waals surface area contributed by atoms with E-state index >= 15 is 0 Å². The standard InChI is InChI=1S/C11H23N3O2/c1-5-14(4)11(16)9(3)13-10(15)6-8(2)7-12/h8-9H,5-7,12H2,1-4H3,(H,13,15). The molecule has 0 radical (unpaired) electrons. The number of nitrogens with zero attached hydrogens (tertiary/aromatic N) is 1. The number of hydrogen-bond acceptors (Lipinski definition) is 3. The first-order valence-corrected chi connectivity index (χ1v) is 5.66. The molecule has 2 atom stereocenters. The van der Waals surface area contributed by atoms with Crippen molar-refractivity contribution < 1.29 is 9.59 Å². The summed E-state index contributed by atoms with van der Waals surface area (Å²) in [6.07, 6.45) is 0.365. The molecule has 3 N–H and O–H groups in total. The molecule has 0 heterocycles. The zero-order chi connectivity index (χ0) is 12.7. The highest BCUT2D eigenvalue weighted by Crippen LogP contribution is 1.99. The molecule has 16 heavy (non-hydrogen) atoms. The van der Waals surface area contributed by atoms with Crippen molar-refractivity contribution in [3.8, 4) is 0 Å². The molecule has 5 heteroatoms. The van der Waals surface area contributed by atoms with Gasteiger partial charge in [-0.25, -0.2) is 0 Å². The number of carbonyl (C=O) groups excluding carboxylic acids is 2. The van der Waals surface area contributed by atoms with Gasteiger partial charge in [0.1, 0.15) is 6.04 Å². The quantitative estimate of drug-likeness (QED) is 0.671. The van der Waals surface area contributed by atoms with E-state index in [1.165, 1.54) is 0 Å². The molecule has 0 aromatic carbocycles. The molecule has 0 spiro atoms. The van der Waals surface area contributed by atoms with Crippen LogP contribution in [0, 0.1) is 5.92 Å². The van der Waals surface area contributed by atoms with Crippen molar-refractivity contribution in [2.45, 2.75) is 33.2 Å². The van der Waals surface area contributed by atoms with E-state index in [9.17, 15) is 9.59 Å². The molecule has 5 nitrogen and oxygen atoms in total. The maximum Gasteiger partial charge on any atom is 0.244 e. The molecule has 0 aromatic heterocycles. The Morgan fingerprint density at radius 3 is 2.38 bits per heavy atom. The summed E-state index contributed by atoms with van der Waals surface area (Å²) in [5.41, 5.74) is 5.43. The fourth-order valence-electron chi connectivity index (χ4n) is 1.25. The first-order valence-electron chi connectivity index (χ1n) is 5.66. The molecule has 2 unspecified atom stereocenters. The molecular weight excluding hydrogens is 206 g/mol. The Morgan fingerprint density at radius 2 is 1.94 bits per heavy atom. The van der Waals surface area contributed by atoms with Crippen molar-refractivity contribution >= 4 is 11.8 Å². The van der Waals surface area contributed by atoms with Gasteiger partial charge in [-0.05, 0) is 26.3 Å². The third-order valence-corrected chi connectivity index (χ3v) is 2.53. The Labute approximate surface area is 97.4 Å². The second-order valence-corrected chi connectivity index (χ2v) is 4.19. The monoisotopic (exact) mass is 229 g/mol. The minimum absolute atomic E-state index is 0.0729. The summed E-state index contributed by atoms with van der Waals surface area (Å²) in [5.74, 6) is -0.0502. The highest BCUT2D eigenvalue weighted by atomic mass is 16.2. The minimum Gasteiger partial charge on any atom is -0.345 e. The van der Waals surface area contributed by atoms with Gasteiger partial charge in [0, 0.05) is 20.0 Å². The van der Waals surface area contributed by atoms with Crippen molar-refractivity contribution in [1.29, 1.82) is 0 Å². The summed E-state index contributed by atoms with van der Waals surface area (Å²) < 4.78 is 0. The van der Waals surface area contributed by atoms with Crippen molar-refractivity contribution in [3.63, 3.8) is 0 Å². The zero-order valence-corrected chi connectivity index (χ0v) is 10.6. The SMILES string of the molecule is CCN(C)C(=O)C(C)NC(=O)CC(C)CN. The summed E-state index contributed by atoms with van der Waals surface area (Å²) in [4.78, 5) is 24.7. The Hall–Kier alpha value is -1.10. The minimum atomic E-state index is -0.470. The lowest BCUT2D eigenvalue weighted by molar-refractivity contribution is -0.134. The van der Waals surface area contributed by atoms with Crippen molar-refractivity contribution in [2.24, 2.45) is 11.7 Å². The highest BCUT2D eigenvalue weighted by Gasteiger charge is 2.18. The lowest BCUT2D eigenvalue weighted by atomic mass is 10.1. The van der Waals surface area contributed by atoms with Crippen LogP contribution in [-0.2, 0) is 9.59 Å². The van der Waals surface area contributed by atoms with Crippen LogP contribution in [0.3, 0.4) is 0 Å². The fourth-order valence-corrected chi connectivity index (χ4v) is 1.25. The molecule has 0 aliphatic heterocycles. The predicted molar refractivity (Wildman–Crippen MR) is 63.8 cm³/mol. The van der Waals surface area contributed by atoms with Crippen LogP contribution in [0.25, 0.3) is 0 Å². The van der Waals surface area contributed by atoms with Gasteiger partial charge in [-0.2, -0.15) is 0 Å². The van der Waals surface area contributed by atoms with Crippen LogP contribution in [0.1, 0.15) is 27.2 Å².